The number of hydrogen-bond donors (Lipinski definition) is 1. The van der Waals surface area contributed by atoms with Gasteiger partial charge in [-0.15, -0.1) is 0 Å². The van der Waals surface area contributed by atoms with Gasteiger partial charge in [0.25, 0.3) is 5.91 Å². The van der Waals surface area contributed by atoms with E-state index in [0.29, 0.717) is 5.56 Å². The zero-order valence-corrected chi connectivity index (χ0v) is 19.7. The number of rotatable bonds is 6. The van der Waals surface area contributed by atoms with Crippen LogP contribution in [0.4, 0.5) is 37.7 Å². The van der Waals surface area contributed by atoms with E-state index in [4.69, 9.17) is 4.74 Å². The van der Waals surface area contributed by atoms with Crippen LogP contribution in [0.3, 0.4) is 0 Å². The third kappa shape index (κ3) is 5.36. The Hall–Kier alpha value is -4.28. The second-order valence-electron chi connectivity index (χ2n) is 8.24. The molecule has 1 unspecified atom stereocenters. The van der Waals surface area contributed by atoms with Crippen molar-refractivity contribution < 1.29 is 40.7 Å². The van der Waals surface area contributed by atoms with Crippen LogP contribution in [0.15, 0.2) is 90.1 Å². The fourth-order valence-electron chi connectivity index (χ4n) is 4.08. The first kappa shape index (κ1) is 26.8. The largest absolute Gasteiger partial charge is 0.463 e. The molecule has 1 amide bonds. The van der Waals surface area contributed by atoms with Crippen LogP contribution < -0.4 is 10.2 Å². The van der Waals surface area contributed by atoms with Crippen LogP contribution in [-0.4, -0.2) is 18.5 Å². The topological polar surface area (TPSA) is 58.6 Å². The molecule has 0 aliphatic carbocycles. The van der Waals surface area contributed by atoms with E-state index in [9.17, 15) is 35.9 Å². The summed E-state index contributed by atoms with van der Waals surface area (Å²) in [5.41, 5.74) is -1.61. The van der Waals surface area contributed by atoms with E-state index < -0.39 is 41.4 Å². The standard InChI is InChI=1S/C27H20F6N2O3/c1-2-38-25(37)21-22(34-19-12-8-17(9-13-19)26(28,29)30)24(36)35(23(21)16-6-4-3-5-7-16)20-14-10-18(11-15-20)27(31,32)33/h3-15,23,34H,2H2,1H3. The highest BCUT2D eigenvalue weighted by molar-refractivity contribution is 6.18. The fraction of sp³-hybridized carbons (Fsp3) is 0.185. The number of amides is 1. The van der Waals surface area contributed by atoms with E-state index in [0.717, 1.165) is 53.4 Å². The van der Waals surface area contributed by atoms with Crippen LogP contribution in [0.2, 0.25) is 0 Å². The number of halogens is 6. The summed E-state index contributed by atoms with van der Waals surface area (Å²) in [6.07, 6.45) is -9.18. The van der Waals surface area contributed by atoms with E-state index >= 15 is 0 Å². The van der Waals surface area contributed by atoms with Gasteiger partial charge in [-0.05, 0) is 61.0 Å². The average molecular weight is 534 g/mol. The third-order valence-corrected chi connectivity index (χ3v) is 5.80. The Morgan fingerprint density at radius 1 is 0.842 bits per heavy atom. The van der Waals surface area contributed by atoms with Crippen molar-refractivity contribution >= 4 is 23.3 Å². The van der Waals surface area contributed by atoms with E-state index in [1.807, 2.05) is 0 Å². The molecule has 3 aromatic carbocycles. The lowest BCUT2D eigenvalue weighted by Crippen LogP contribution is -2.31. The second-order valence-corrected chi connectivity index (χ2v) is 8.24. The number of alkyl halides is 6. The molecule has 0 radical (unpaired) electrons. The summed E-state index contributed by atoms with van der Waals surface area (Å²) < 4.78 is 83.6. The average Bonchev–Trinajstić information content (AvgIpc) is 3.16. The Labute approximate surface area is 213 Å². The number of benzene rings is 3. The molecule has 0 spiro atoms. The van der Waals surface area contributed by atoms with Crippen LogP contribution in [0, 0.1) is 0 Å². The van der Waals surface area contributed by atoms with Crippen LogP contribution >= 0.6 is 0 Å². The van der Waals surface area contributed by atoms with Crippen molar-refractivity contribution in [1.29, 1.82) is 0 Å². The molecule has 0 saturated heterocycles. The van der Waals surface area contributed by atoms with Crippen molar-refractivity contribution in [2.75, 3.05) is 16.8 Å². The summed E-state index contributed by atoms with van der Waals surface area (Å²) in [6.45, 7) is 1.52. The quantitative estimate of drug-likeness (QED) is 0.281. The van der Waals surface area contributed by atoms with Gasteiger partial charge in [-0.3, -0.25) is 9.69 Å². The monoisotopic (exact) mass is 534 g/mol. The maximum Gasteiger partial charge on any atom is 0.416 e. The van der Waals surface area contributed by atoms with E-state index in [1.165, 1.54) is 0 Å². The summed E-state index contributed by atoms with van der Waals surface area (Å²) in [5.74, 6) is -1.64. The predicted octanol–water partition coefficient (Wildman–Crippen LogP) is 6.74. The summed E-state index contributed by atoms with van der Waals surface area (Å²) in [5, 5.41) is 2.73. The minimum Gasteiger partial charge on any atom is -0.463 e. The molecule has 1 aliphatic rings. The molecule has 1 heterocycles. The summed E-state index contributed by atoms with van der Waals surface area (Å²) >= 11 is 0. The summed E-state index contributed by atoms with van der Waals surface area (Å²) in [4.78, 5) is 28.0. The van der Waals surface area contributed by atoms with Gasteiger partial charge >= 0.3 is 18.3 Å². The number of esters is 1. The molecule has 3 aromatic rings. The van der Waals surface area contributed by atoms with Gasteiger partial charge in [0, 0.05) is 11.4 Å². The number of nitrogens with zero attached hydrogens (tertiary/aromatic N) is 1. The molecule has 38 heavy (non-hydrogen) atoms. The molecule has 11 heteroatoms. The maximum atomic E-state index is 13.7. The van der Waals surface area contributed by atoms with E-state index in [-0.39, 0.29) is 29.3 Å². The van der Waals surface area contributed by atoms with Crippen LogP contribution in [-0.2, 0) is 26.7 Å². The van der Waals surface area contributed by atoms with Crippen molar-refractivity contribution in [2.45, 2.75) is 25.3 Å². The molecule has 5 nitrogen and oxygen atoms in total. The summed E-state index contributed by atoms with van der Waals surface area (Å²) in [7, 11) is 0. The van der Waals surface area contributed by atoms with Gasteiger partial charge in [-0.25, -0.2) is 4.79 Å². The summed E-state index contributed by atoms with van der Waals surface area (Å²) in [6, 6.07) is 14.9. The Bertz CT molecular complexity index is 1350. The maximum absolute atomic E-state index is 13.7. The zero-order valence-electron chi connectivity index (χ0n) is 19.7. The lowest BCUT2D eigenvalue weighted by atomic mass is 9.98. The van der Waals surface area contributed by atoms with Crippen molar-refractivity contribution in [3.05, 3.63) is 107 Å². The molecule has 1 N–H and O–H groups in total. The highest BCUT2D eigenvalue weighted by atomic mass is 19.4. The van der Waals surface area contributed by atoms with Gasteiger partial charge in [0.15, 0.2) is 0 Å². The smallest absolute Gasteiger partial charge is 0.416 e. The Balaban J connectivity index is 1.83. The highest BCUT2D eigenvalue weighted by Crippen LogP contribution is 2.43. The number of nitrogens with one attached hydrogen (secondary N) is 1. The number of anilines is 2. The van der Waals surface area contributed by atoms with Crippen LogP contribution in [0.5, 0.6) is 0 Å². The molecule has 1 atom stereocenters. The minimum absolute atomic E-state index is 0.0358. The molecule has 0 aromatic heterocycles. The molecule has 0 saturated carbocycles. The lowest BCUT2D eigenvalue weighted by molar-refractivity contribution is -0.139. The van der Waals surface area contributed by atoms with Crippen molar-refractivity contribution in [2.24, 2.45) is 0 Å². The fourth-order valence-corrected chi connectivity index (χ4v) is 4.08. The zero-order chi connectivity index (χ0) is 27.7. The van der Waals surface area contributed by atoms with Gasteiger partial charge in [0.05, 0.1) is 29.3 Å². The number of ether oxygens (including phenoxy) is 1. The molecule has 0 fully saturated rings. The molecular formula is C27H20F6N2O3. The Morgan fingerprint density at radius 3 is 1.87 bits per heavy atom. The van der Waals surface area contributed by atoms with E-state index in [2.05, 4.69) is 5.32 Å². The number of hydrogen-bond acceptors (Lipinski definition) is 4. The first-order valence-corrected chi connectivity index (χ1v) is 11.3. The second kappa shape index (κ2) is 10.2. The van der Waals surface area contributed by atoms with Crippen LogP contribution in [0.25, 0.3) is 0 Å². The highest BCUT2D eigenvalue weighted by Gasteiger charge is 2.45. The third-order valence-electron chi connectivity index (χ3n) is 5.80. The van der Waals surface area contributed by atoms with Gasteiger partial charge < -0.3 is 10.1 Å². The molecule has 4 rings (SSSR count). The van der Waals surface area contributed by atoms with Crippen molar-refractivity contribution in [3.8, 4) is 0 Å². The lowest BCUT2D eigenvalue weighted by Gasteiger charge is -2.27. The first-order chi connectivity index (χ1) is 17.9. The first-order valence-electron chi connectivity index (χ1n) is 11.3. The normalized spacial score (nSPS) is 16.1. The molecular weight excluding hydrogens is 514 g/mol. The Morgan fingerprint density at radius 2 is 1.37 bits per heavy atom. The van der Waals surface area contributed by atoms with Crippen LogP contribution in [0.1, 0.15) is 29.7 Å². The number of carbonyl (C=O) groups excluding carboxylic acids is 2. The Kier molecular flexibility index (Phi) is 7.21. The van der Waals surface area contributed by atoms with Gasteiger partial charge in [0.2, 0.25) is 0 Å². The van der Waals surface area contributed by atoms with Crippen molar-refractivity contribution in [3.63, 3.8) is 0 Å². The van der Waals surface area contributed by atoms with Gasteiger partial charge in [-0.1, -0.05) is 30.3 Å². The minimum atomic E-state index is -4.60. The van der Waals surface area contributed by atoms with E-state index in [1.54, 1.807) is 37.3 Å². The number of carbonyl (C=O) groups is 2. The molecule has 198 valence electrons. The van der Waals surface area contributed by atoms with Crippen molar-refractivity contribution in [1.82, 2.24) is 0 Å². The predicted molar refractivity (Wildman–Crippen MR) is 127 cm³/mol. The van der Waals surface area contributed by atoms with Gasteiger partial charge in [0.1, 0.15) is 5.70 Å². The van der Waals surface area contributed by atoms with Gasteiger partial charge in [-0.2, -0.15) is 26.3 Å². The molecule has 1 aliphatic heterocycles. The SMILES string of the molecule is CCOC(=O)C1=C(Nc2ccc(C(F)(F)F)cc2)C(=O)N(c2ccc(C(F)(F)F)cc2)C1c1ccccc1. The molecule has 0 bridgehead atoms.